The van der Waals surface area contributed by atoms with E-state index in [1.165, 1.54) is 0 Å². The highest BCUT2D eigenvalue weighted by Gasteiger charge is 2.19. The van der Waals surface area contributed by atoms with Gasteiger partial charge in [-0.2, -0.15) is 0 Å². The topological polar surface area (TPSA) is 87.7 Å². The van der Waals surface area contributed by atoms with Crippen LogP contribution in [0, 0.1) is 0 Å². The molecule has 6 nitrogen and oxygen atoms in total. The maximum absolute atomic E-state index is 11.8. The van der Waals surface area contributed by atoms with Gasteiger partial charge in [0.2, 0.25) is 5.91 Å². The van der Waals surface area contributed by atoms with Gasteiger partial charge in [0.25, 0.3) is 0 Å². The van der Waals surface area contributed by atoms with Crippen molar-refractivity contribution in [3.8, 4) is 5.75 Å². The average Bonchev–Trinajstić information content (AvgIpc) is 2.38. The summed E-state index contributed by atoms with van der Waals surface area (Å²) in [5, 5.41) is 14.0. The number of rotatable bonds is 7. The van der Waals surface area contributed by atoms with Crippen LogP contribution in [0.4, 0.5) is 5.69 Å². The molecule has 0 spiro atoms. The number of carbonyl (C=O) groups is 2. The minimum Gasteiger partial charge on any atom is -0.494 e. The Morgan fingerprint density at radius 1 is 1.32 bits per heavy atom. The van der Waals surface area contributed by atoms with Crippen LogP contribution in [0.2, 0.25) is 0 Å². The van der Waals surface area contributed by atoms with Gasteiger partial charge in [-0.15, -0.1) is 0 Å². The van der Waals surface area contributed by atoms with Gasteiger partial charge >= 0.3 is 5.97 Å². The van der Waals surface area contributed by atoms with Crippen molar-refractivity contribution in [1.82, 2.24) is 5.32 Å². The zero-order valence-corrected chi connectivity index (χ0v) is 11.0. The van der Waals surface area contributed by atoms with Crippen LogP contribution in [0.5, 0.6) is 5.75 Å². The predicted molar refractivity (Wildman–Crippen MR) is 71.3 cm³/mol. The molecule has 0 unspecified atom stereocenters. The monoisotopic (exact) mass is 266 g/mol. The third kappa shape index (κ3) is 4.97. The molecule has 19 heavy (non-hydrogen) atoms. The quantitative estimate of drug-likeness (QED) is 0.687. The van der Waals surface area contributed by atoms with Crippen molar-refractivity contribution in [2.45, 2.75) is 19.4 Å². The summed E-state index contributed by atoms with van der Waals surface area (Å²) in [6, 6.07) is 6.13. The van der Waals surface area contributed by atoms with Gasteiger partial charge in [-0.1, -0.05) is 0 Å². The summed E-state index contributed by atoms with van der Waals surface area (Å²) in [5.41, 5.74) is 0.596. The van der Waals surface area contributed by atoms with Gasteiger partial charge in [0, 0.05) is 5.69 Å². The van der Waals surface area contributed by atoms with Crippen LogP contribution in [0.15, 0.2) is 24.3 Å². The predicted octanol–water partition coefficient (Wildman–Crippen LogP) is 1.09. The molecule has 1 amide bonds. The van der Waals surface area contributed by atoms with Crippen molar-refractivity contribution >= 4 is 17.6 Å². The third-order valence-corrected chi connectivity index (χ3v) is 2.48. The molecule has 0 aliphatic carbocycles. The van der Waals surface area contributed by atoms with Crippen LogP contribution >= 0.6 is 0 Å². The van der Waals surface area contributed by atoms with E-state index in [0.717, 1.165) is 5.75 Å². The summed E-state index contributed by atoms with van der Waals surface area (Å²) < 4.78 is 5.28. The number of likely N-dealkylation sites (N-methyl/N-ethyl adjacent to an activating group) is 1. The summed E-state index contributed by atoms with van der Waals surface area (Å²) in [4.78, 5) is 22.4. The molecule has 0 saturated carbocycles. The highest BCUT2D eigenvalue weighted by Crippen LogP contribution is 2.15. The molecule has 0 aliphatic rings. The van der Waals surface area contributed by atoms with Crippen LogP contribution in [0.25, 0.3) is 0 Å². The second kappa shape index (κ2) is 7.38. The zero-order valence-electron chi connectivity index (χ0n) is 11.0. The summed E-state index contributed by atoms with van der Waals surface area (Å²) in [5.74, 6) is -0.688. The molecule has 0 radical (unpaired) electrons. The van der Waals surface area contributed by atoms with Crippen molar-refractivity contribution in [3.05, 3.63) is 24.3 Å². The maximum Gasteiger partial charge on any atom is 0.305 e. The van der Waals surface area contributed by atoms with Crippen LogP contribution in [0.3, 0.4) is 0 Å². The Labute approximate surface area is 111 Å². The Balaban J connectivity index is 2.62. The summed E-state index contributed by atoms with van der Waals surface area (Å²) in [7, 11) is 1.55. The second-order valence-corrected chi connectivity index (χ2v) is 3.89. The van der Waals surface area contributed by atoms with E-state index in [4.69, 9.17) is 9.84 Å². The lowest BCUT2D eigenvalue weighted by atomic mass is 10.2. The lowest BCUT2D eigenvalue weighted by Gasteiger charge is -2.14. The number of ether oxygens (including phenoxy) is 1. The standard InChI is InChI=1S/C13H18N2O4/c1-3-19-10-6-4-9(5-7-10)15-13(18)11(14-2)8-12(16)17/h4-7,11,14H,3,8H2,1-2H3,(H,15,18)(H,16,17)/t11-/m0/s1. The second-order valence-electron chi connectivity index (χ2n) is 3.89. The first-order valence-corrected chi connectivity index (χ1v) is 5.99. The molecule has 1 aromatic rings. The molecule has 6 heteroatoms. The Hall–Kier alpha value is -2.08. The number of anilines is 1. The van der Waals surface area contributed by atoms with Crippen LogP contribution in [-0.2, 0) is 9.59 Å². The molecule has 1 aromatic carbocycles. The van der Waals surface area contributed by atoms with Crippen molar-refractivity contribution in [2.24, 2.45) is 0 Å². The van der Waals surface area contributed by atoms with E-state index in [1.807, 2.05) is 6.92 Å². The highest BCUT2D eigenvalue weighted by atomic mass is 16.5. The minimum absolute atomic E-state index is 0.265. The molecular formula is C13H18N2O4. The van der Waals surface area contributed by atoms with Gasteiger partial charge in [-0.3, -0.25) is 9.59 Å². The van der Waals surface area contributed by atoms with E-state index < -0.39 is 12.0 Å². The van der Waals surface area contributed by atoms with Crippen LogP contribution in [0.1, 0.15) is 13.3 Å². The first-order valence-electron chi connectivity index (χ1n) is 5.99. The minimum atomic E-state index is -1.03. The van der Waals surface area contributed by atoms with Gasteiger partial charge < -0.3 is 20.5 Å². The number of amides is 1. The number of benzene rings is 1. The fraction of sp³-hybridized carbons (Fsp3) is 0.385. The molecule has 1 rings (SSSR count). The average molecular weight is 266 g/mol. The van der Waals surface area contributed by atoms with Crippen LogP contribution < -0.4 is 15.4 Å². The highest BCUT2D eigenvalue weighted by molar-refractivity contribution is 5.96. The van der Waals surface area contributed by atoms with Gasteiger partial charge in [-0.25, -0.2) is 0 Å². The first-order chi connectivity index (χ1) is 9.06. The van der Waals surface area contributed by atoms with E-state index in [0.29, 0.717) is 12.3 Å². The van der Waals surface area contributed by atoms with Crippen molar-refractivity contribution < 1.29 is 19.4 Å². The van der Waals surface area contributed by atoms with Crippen molar-refractivity contribution in [1.29, 1.82) is 0 Å². The number of hydrogen-bond acceptors (Lipinski definition) is 4. The zero-order chi connectivity index (χ0) is 14.3. The molecule has 0 saturated heterocycles. The summed E-state index contributed by atoms with van der Waals surface area (Å²) in [6.45, 7) is 2.46. The van der Waals surface area contributed by atoms with Gasteiger partial charge in [0.1, 0.15) is 5.75 Å². The summed E-state index contributed by atoms with van der Waals surface area (Å²) >= 11 is 0. The number of aliphatic carboxylic acids is 1. The molecular weight excluding hydrogens is 248 g/mol. The number of carbonyl (C=O) groups excluding carboxylic acids is 1. The molecule has 0 bridgehead atoms. The molecule has 1 atom stereocenters. The fourth-order valence-electron chi connectivity index (χ4n) is 1.53. The lowest BCUT2D eigenvalue weighted by Crippen LogP contribution is -2.40. The Kier molecular flexibility index (Phi) is 5.81. The molecule has 0 aliphatic heterocycles. The first kappa shape index (κ1) is 15.0. The Morgan fingerprint density at radius 2 is 1.95 bits per heavy atom. The number of hydrogen-bond donors (Lipinski definition) is 3. The molecule has 0 aromatic heterocycles. The Morgan fingerprint density at radius 3 is 2.42 bits per heavy atom. The van der Waals surface area contributed by atoms with E-state index in [9.17, 15) is 9.59 Å². The van der Waals surface area contributed by atoms with E-state index in [1.54, 1.807) is 31.3 Å². The molecule has 0 heterocycles. The maximum atomic E-state index is 11.8. The summed E-state index contributed by atoms with van der Waals surface area (Å²) in [6.07, 6.45) is -0.265. The van der Waals surface area contributed by atoms with Gasteiger partial charge in [-0.05, 0) is 38.2 Å². The number of carboxylic acids is 1. The van der Waals surface area contributed by atoms with E-state index in [-0.39, 0.29) is 12.3 Å². The van der Waals surface area contributed by atoms with Crippen molar-refractivity contribution in [3.63, 3.8) is 0 Å². The SMILES string of the molecule is CCOc1ccc(NC(=O)[C@H](CC(=O)O)NC)cc1. The van der Waals surface area contributed by atoms with E-state index >= 15 is 0 Å². The Bertz CT molecular complexity index is 431. The van der Waals surface area contributed by atoms with Crippen molar-refractivity contribution in [2.75, 3.05) is 19.0 Å². The lowest BCUT2D eigenvalue weighted by molar-refractivity contribution is -0.139. The van der Waals surface area contributed by atoms with Gasteiger partial charge in [0.05, 0.1) is 19.1 Å². The number of nitrogens with one attached hydrogen (secondary N) is 2. The molecule has 104 valence electrons. The number of carboxylic acid groups (broad SMARTS) is 1. The van der Waals surface area contributed by atoms with Crippen LogP contribution in [-0.4, -0.2) is 36.7 Å². The van der Waals surface area contributed by atoms with Gasteiger partial charge in [0.15, 0.2) is 0 Å². The molecule has 0 fully saturated rings. The smallest absolute Gasteiger partial charge is 0.305 e. The van der Waals surface area contributed by atoms with E-state index in [2.05, 4.69) is 10.6 Å². The fourth-order valence-corrected chi connectivity index (χ4v) is 1.53. The largest absolute Gasteiger partial charge is 0.494 e. The molecule has 3 N–H and O–H groups in total. The third-order valence-electron chi connectivity index (χ3n) is 2.48. The normalized spacial score (nSPS) is 11.7.